The number of imide groups is 1. The highest BCUT2D eigenvalue weighted by molar-refractivity contribution is 8.03. The molecule has 3 aromatic rings. The molecule has 1 aliphatic rings. The number of benzene rings is 2. The predicted octanol–water partition coefficient (Wildman–Crippen LogP) is 5.29. The van der Waals surface area contributed by atoms with Crippen molar-refractivity contribution in [2.24, 2.45) is 0 Å². The van der Waals surface area contributed by atoms with E-state index in [4.69, 9.17) is 16.0 Å². The van der Waals surface area contributed by atoms with Crippen molar-refractivity contribution in [2.75, 3.05) is 0 Å². The Hall–Kier alpha value is -2.83. The zero-order chi connectivity index (χ0) is 20.4. The van der Waals surface area contributed by atoms with Crippen molar-refractivity contribution < 1.29 is 18.4 Å². The van der Waals surface area contributed by atoms with Gasteiger partial charge in [0.05, 0.1) is 29.0 Å². The summed E-state index contributed by atoms with van der Waals surface area (Å²) in [5.74, 6) is -0.00913. The van der Waals surface area contributed by atoms with Crippen LogP contribution in [0.25, 0.3) is 5.57 Å². The van der Waals surface area contributed by atoms with Gasteiger partial charge in [0.25, 0.3) is 11.8 Å². The summed E-state index contributed by atoms with van der Waals surface area (Å²) in [5, 5.41) is 0.541. The van der Waals surface area contributed by atoms with Gasteiger partial charge >= 0.3 is 0 Å². The Balaban J connectivity index is 1.66. The van der Waals surface area contributed by atoms with E-state index >= 15 is 0 Å². The van der Waals surface area contributed by atoms with Crippen molar-refractivity contribution in [3.8, 4) is 0 Å². The molecule has 0 spiro atoms. The van der Waals surface area contributed by atoms with Crippen LogP contribution in [0.4, 0.5) is 4.39 Å². The monoisotopic (exact) mass is 427 g/mol. The van der Waals surface area contributed by atoms with Crippen molar-refractivity contribution in [3.63, 3.8) is 0 Å². The lowest BCUT2D eigenvalue weighted by Crippen LogP contribution is -2.30. The molecule has 146 valence electrons. The van der Waals surface area contributed by atoms with Crippen LogP contribution in [0, 0.1) is 5.82 Å². The van der Waals surface area contributed by atoms with Crippen molar-refractivity contribution in [3.05, 3.63) is 99.6 Å². The minimum absolute atomic E-state index is 0.0693. The number of halogens is 2. The van der Waals surface area contributed by atoms with Crippen molar-refractivity contribution in [1.82, 2.24) is 4.90 Å². The topological polar surface area (TPSA) is 50.5 Å². The number of carbonyl (C=O) groups is 2. The van der Waals surface area contributed by atoms with E-state index in [9.17, 15) is 14.0 Å². The second-order valence-electron chi connectivity index (χ2n) is 6.40. The molecule has 2 amide bonds. The average Bonchev–Trinajstić information content (AvgIpc) is 3.31. The van der Waals surface area contributed by atoms with Gasteiger partial charge in [-0.2, -0.15) is 0 Å². The van der Waals surface area contributed by atoms with E-state index in [1.165, 1.54) is 28.8 Å². The van der Waals surface area contributed by atoms with Gasteiger partial charge in [0.1, 0.15) is 11.6 Å². The van der Waals surface area contributed by atoms with E-state index in [1.54, 1.807) is 48.7 Å². The maximum Gasteiger partial charge on any atom is 0.268 e. The molecule has 0 N–H and O–H groups in total. The van der Waals surface area contributed by atoms with Crippen LogP contribution >= 0.6 is 23.4 Å². The van der Waals surface area contributed by atoms with Crippen molar-refractivity contribution >= 4 is 40.8 Å². The Morgan fingerprint density at radius 2 is 1.69 bits per heavy atom. The van der Waals surface area contributed by atoms with E-state index in [0.717, 1.165) is 0 Å². The molecule has 0 radical (unpaired) electrons. The second kappa shape index (κ2) is 8.27. The van der Waals surface area contributed by atoms with Crippen LogP contribution < -0.4 is 0 Å². The van der Waals surface area contributed by atoms with E-state index in [-0.39, 0.29) is 24.2 Å². The quantitative estimate of drug-likeness (QED) is 0.502. The van der Waals surface area contributed by atoms with Gasteiger partial charge in [-0.1, -0.05) is 35.9 Å². The molecule has 4 rings (SSSR count). The second-order valence-corrected chi connectivity index (χ2v) is 7.82. The number of amides is 2. The Morgan fingerprint density at radius 1 is 0.966 bits per heavy atom. The summed E-state index contributed by atoms with van der Waals surface area (Å²) in [7, 11) is 0. The van der Waals surface area contributed by atoms with Gasteiger partial charge in [-0.3, -0.25) is 14.5 Å². The van der Waals surface area contributed by atoms with Crippen LogP contribution in [0.5, 0.6) is 0 Å². The Morgan fingerprint density at radius 3 is 2.34 bits per heavy atom. The summed E-state index contributed by atoms with van der Waals surface area (Å²) in [5.41, 5.74) is 1.63. The van der Waals surface area contributed by atoms with Gasteiger partial charge in [-0.15, -0.1) is 11.8 Å². The number of nitrogens with zero attached hydrogens (tertiary/aromatic N) is 1. The third-order valence-corrected chi connectivity index (χ3v) is 5.80. The summed E-state index contributed by atoms with van der Waals surface area (Å²) in [6.45, 7) is 0.0693. The summed E-state index contributed by atoms with van der Waals surface area (Å²) in [6.07, 6.45) is 1.56. The Labute approximate surface area is 176 Å². The lowest BCUT2D eigenvalue weighted by atomic mass is 10.1. The molecule has 7 heteroatoms. The zero-order valence-electron chi connectivity index (χ0n) is 15.1. The first-order valence-electron chi connectivity index (χ1n) is 8.79. The first kappa shape index (κ1) is 19.5. The van der Waals surface area contributed by atoms with Gasteiger partial charge in [0, 0.05) is 5.02 Å². The molecular weight excluding hydrogens is 413 g/mol. The van der Waals surface area contributed by atoms with Gasteiger partial charge < -0.3 is 4.42 Å². The number of hydrogen-bond donors (Lipinski definition) is 0. The van der Waals surface area contributed by atoms with Crippen LogP contribution in [-0.2, 0) is 21.9 Å². The van der Waals surface area contributed by atoms with Crippen LogP contribution in [0.3, 0.4) is 0 Å². The molecule has 29 heavy (non-hydrogen) atoms. The smallest absolute Gasteiger partial charge is 0.268 e. The molecule has 0 aliphatic carbocycles. The summed E-state index contributed by atoms with van der Waals surface area (Å²) in [6, 6.07) is 16.1. The van der Waals surface area contributed by atoms with Crippen LogP contribution in [0.1, 0.15) is 16.9 Å². The number of hydrogen-bond acceptors (Lipinski definition) is 4. The van der Waals surface area contributed by atoms with Gasteiger partial charge in [0.15, 0.2) is 0 Å². The molecule has 0 atom stereocenters. The molecule has 0 saturated heterocycles. The molecule has 2 aromatic carbocycles. The summed E-state index contributed by atoms with van der Waals surface area (Å²) >= 11 is 7.23. The lowest BCUT2D eigenvalue weighted by molar-refractivity contribution is -0.137. The molecular formula is C22H15ClFNO3S. The maximum atomic E-state index is 13.2. The molecule has 0 bridgehead atoms. The normalized spacial score (nSPS) is 14.2. The molecule has 1 aliphatic heterocycles. The highest BCUT2D eigenvalue weighted by Gasteiger charge is 2.39. The van der Waals surface area contributed by atoms with Crippen LogP contribution in [-0.4, -0.2) is 16.7 Å². The van der Waals surface area contributed by atoms with E-state index in [0.29, 0.717) is 38.1 Å². The molecule has 1 aromatic heterocycles. The fraction of sp³-hybridized carbons (Fsp3) is 0.0909. The zero-order valence-corrected chi connectivity index (χ0v) is 16.7. The molecule has 0 saturated carbocycles. The van der Waals surface area contributed by atoms with Crippen LogP contribution in [0.15, 0.2) is 76.2 Å². The standard InChI is InChI=1S/C22H15ClFNO3S/c23-16-7-5-15(6-8-16)19-20(29-13-18-2-1-11-28-18)22(27)25(21(19)26)12-14-3-9-17(24)10-4-14/h1-11H,12-13H2. The highest BCUT2D eigenvalue weighted by Crippen LogP contribution is 2.38. The number of carbonyl (C=O) groups excluding carboxylic acids is 2. The molecule has 2 heterocycles. The third kappa shape index (κ3) is 4.13. The predicted molar refractivity (Wildman–Crippen MR) is 110 cm³/mol. The van der Waals surface area contributed by atoms with Gasteiger partial charge in [-0.25, -0.2) is 4.39 Å². The Kier molecular flexibility index (Phi) is 5.56. The van der Waals surface area contributed by atoms with E-state index in [1.807, 2.05) is 6.07 Å². The Bertz CT molecular complexity index is 1080. The largest absolute Gasteiger partial charge is 0.468 e. The van der Waals surface area contributed by atoms with Crippen LogP contribution in [0.2, 0.25) is 5.02 Å². The average molecular weight is 428 g/mol. The van der Waals surface area contributed by atoms with Crippen molar-refractivity contribution in [2.45, 2.75) is 12.3 Å². The van der Waals surface area contributed by atoms with E-state index < -0.39 is 0 Å². The summed E-state index contributed by atoms with van der Waals surface area (Å²) in [4.78, 5) is 27.8. The number of rotatable bonds is 6. The first-order valence-corrected chi connectivity index (χ1v) is 10.2. The first-order chi connectivity index (χ1) is 14.0. The SMILES string of the molecule is O=C1C(SCc2ccco2)=C(c2ccc(Cl)cc2)C(=O)N1Cc1ccc(F)cc1. The minimum Gasteiger partial charge on any atom is -0.468 e. The third-order valence-electron chi connectivity index (χ3n) is 4.45. The fourth-order valence-electron chi connectivity index (χ4n) is 3.01. The number of furan rings is 1. The maximum absolute atomic E-state index is 13.2. The molecule has 4 nitrogen and oxygen atoms in total. The van der Waals surface area contributed by atoms with Gasteiger partial charge in [0.2, 0.25) is 0 Å². The lowest BCUT2D eigenvalue weighted by Gasteiger charge is -2.15. The number of thioether (sulfide) groups is 1. The van der Waals surface area contributed by atoms with E-state index in [2.05, 4.69) is 0 Å². The highest BCUT2D eigenvalue weighted by atomic mass is 35.5. The molecule has 0 fully saturated rings. The minimum atomic E-state index is -0.386. The van der Waals surface area contributed by atoms with Crippen molar-refractivity contribution in [1.29, 1.82) is 0 Å². The molecule has 0 unspecified atom stereocenters. The van der Waals surface area contributed by atoms with Gasteiger partial charge in [-0.05, 0) is 47.5 Å². The fourth-order valence-corrected chi connectivity index (χ4v) is 4.17. The summed E-state index contributed by atoms with van der Waals surface area (Å²) < 4.78 is 18.5.